The van der Waals surface area contributed by atoms with Crippen molar-refractivity contribution in [3.05, 3.63) is 0 Å². The predicted octanol–water partition coefficient (Wildman–Crippen LogP) is 0.936. The lowest BCUT2D eigenvalue weighted by Gasteiger charge is -2.29. The first kappa shape index (κ1) is 12.2. The summed E-state index contributed by atoms with van der Waals surface area (Å²) in [5, 5.41) is 0. The summed E-state index contributed by atoms with van der Waals surface area (Å²) in [6.07, 6.45) is 0. The van der Waals surface area contributed by atoms with Gasteiger partial charge in [0.05, 0.1) is 19.3 Å². The van der Waals surface area contributed by atoms with Gasteiger partial charge in [-0.15, -0.1) is 0 Å². The third kappa shape index (κ3) is 4.03. The van der Waals surface area contributed by atoms with Crippen molar-refractivity contribution in [2.45, 2.75) is 26.8 Å². The second-order valence-corrected chi connectivity index (χ2v) is 4.11. The van der Waals surface area contributed by atoms with Gasteiger partial charge in [0.15, 0.2) is 0 Å². The molecule has 1 aliphatic rings. The van der Waals surface area contributed by atoms with E-state index in [2.05, 4.69) is 16.7 Å². The maximum atomic E-state index is 11.3. The number of Topliss-reactive ketones (excluding diaryl/α,β-unsaturated/α-hetero) is 1. The Kier molecular flexibility index (Phi) is 4.80. The quantitative estimate of drug-likeness (QED) is 0.500. The van der Waals surface area contributed by atoms with Crippen LogP contribution in [0.15, 0.2) is 0 Å². The Morgan fingerprint density at radius 1 is 1.27 bits per heavy atom. The fourth-order valence-corrected chi connectivity index (χ4v) is 1.38. The maximum Gasteiger partial charge on any atom is 0.208 e. The lowest BCUT2D eigenvalue weighted by Crippen LogP contribution is -2.41. The van der Waals surface area contributed by atoms with Crippen molar-refractivity contribution >= 4 is 5.78 Å². The lowest BCUT2D eigenvalue weighted by molar-refractivity contribution is -0.116. The number of hydrogen-bond donors (Lipinski definition) is 0. The van der Waals surface area contributed by atoms with Crippen molar-refractivity contribution in [2.24, 2.45) is 5.92 Å². The standard InChI is InChI=1S/C12H19NO2/c1-10(2)12(14)5-4-11(3)13-6-8-15-9-7-13/h10-11H,6-9H2,1-3H3. The third-order valence-corrected chi connectivity index (χ3v) is 2.52. The van der Waals surface area contributed by atoms with Gasteiger partial charge in [-0.25, -0.2) is 0 Å². The van der Waals surface area contributed by atoms with Gasteiger partial charge in [-0.2, -0.15) is 0 Å². The molecule has 0 aliphatic carbocycles. The van der Waals surface area contributed by atoms with Crippen LogP contribution in [-0.2, 0) is 9.53 Å². The summed E-state index contributed by atoms with van der Waals surface area (Å²) in [6.45, 7) is 9.13. The van der Waals surface area contributed by atoms with Gasteiger partial charge in [-0.05, 0) is 12.8 Å². The first-order chi connectivity index (χ1) is 7.11. The van der Waals surface area contributed by atoms with Gasteiger partial charge < -0.3 is 4.74 Å². The van der Waals surface area contributed by atoms with Crippen LogP contribution >= 0.6 is 0 Å². The fraction of sp³-hybridized carbons (Fsp3) is 0.750. The summed E-state index contributed by atoms with van der Waals surface area (Å²) in [5.74, 6) is 5.74. The Labute approximate surface area is 91.8 Å². The SMILES string of the molecule is CC(C)C(=O)C#CC(C)N1CCOCC1. The van der Waals surface area contributed by atoms with Gasteiger partial charge in [0.1, 0.15) is 0 Å². The number of ether oxygens (including phenoxy) is 1. The number of ketones is 1. The highest BCUT2D eigenvalue weighted by Crippen LogP contribution is 2.02. The zero-order valence-corrected chi connectivity index (χ0v) is 9.75. The number of hydrogen-bond acceptors (Lipinski definition) is 3. The van der Waals surface area contributed by atoms with E-state index in [-0.39, 0.29) is 17.7 Å². The minimum atomic E-state index is 0.00869. The molecule has 0 bridgehead atoms. The van der Waals surface area contributed by atoms with E-state index in [1.165, 1.54) is 0 Å². The summed E-state index contributed by atoms with van der Waals surface area (Å²) in [6, 6.07) is 0.150. The minimum absolute atomic E-state index is 0.00869. The second-order valence-electron chi connectivity index (χ2n) is 4.11. The summed E-state index contributed by atoms with van der Waals surface area (Å²) < 4.78 is 5.26. The molecule has 0 aromatic heterocycles. The van der Waals surface area contributed by atoms with Crippen molar-refractivity contribution < 1.29 is 9.53 Å². The summed E-state index contributed by atoms with van der Waals surface area (Å²) in [4.78, 5) is 13.6. The molecule has 1 atom stereocenters. The van der Waals surface area contributed by atoms with E-state index in [1.807, 2.05) is 20.8 Å². The van der Waals surface area contributed by atoms with Crippen LogP contribution in [0, 0.1) is 17.8 Å². The molecule has 1 rings (SSSR count). The minimum Gasteiger partial charge on any atom is -0.379 e. The van der Waals surface area contributed by atoms with E-state index < -0.39 is 0 Å². The number of nitrogens with zero attached hydrogens (tertiary/aromatic N) is 1. The topological polar surface area (TPSA) is 29.5 Å². The van der Waals surface area contributed by atoms with Gasteiger partial charge in [-0.3, -0.25) is 9.69 Å². The normalized spacial score (nSPS) is 19.5. The fourth-order valence-electron chi connectivity index (χ4n) is 1.38. The van der Waals surface area contributed by atoms with Gasteiger partial charge in [-0.1, -0.05) is 19.8 Å². The first-order valence-corrected chi connectivity index (χ1v) is 5.48. The van der Waals surface area contributed by atoms with Gasteiger partial charge in [0, 0.05) is 19.0 Å². The van der Waals surface area contributed by atoms with Crippen molar-refractivity contribution in [1.29, 1.82) is 0 Å². The molecule has 1 fully saturated rings. The molecule has 3 heteroatoms. The molecule has 3 nitrogen and oxygen atoms in total. The molecule has 84 valence electrons. The molecular formula is C12H19NO2. The van der Waals surface area contributed by atoms with Crippen LogP contribution in [0.2, 0.25) is 0 Å². The van der Waals surface area contributed by atoms with Crippen molar-refractivity contribution in [3.63, 3.8) is 0 Å². The lowest BCUT2D eigenvalue weighted by atomic mass is 10.1. The van der Waals surface area contributed by atoms with Crippen LogP contribution < -0.4 is 0 Å². The van der Waals surface area contributed by atoms with Crippen LogP contribution in [0.4, 0.5) is 0 Å². The molecular weight excluding hydrogens is 190 g/mol. The van der Waals surface area contributed by atoms with Crippen molar-refractivity contribution in [1.82, 2.24) is 4.90 Å². The highest BCUT2D eigenvalue weighted by atomic mass is 16.5. The zero-order valence-electron chi connectivity index (χ0n) is 9.75. The Morgan fingerprint density at radius 3 is 2.40 bits per heavy atom. The second kappa shape index (κ2) is 5.89. The molecule has 1 aliphatic heterocycles. The van der Waals surface area contributed by atoms with E-state index in [9.17, 15) is 4.79 Å². The molecule has 0 amide bonds. The first-order valence-electron chi connectivity index (χ1n) is 5.48. The molecule has 0 saturated carbocycles. The zero-order chi connectivity index (χ0) is 11.3. The molecule has 1 saturated heterocycles. The van der Waals surface area contributed by atoms with E-state index in [4.69, 9.17) is 4.74 Å². The van der Waals surface area contributed by atoms with Crippen molar-refractivity contribution in [3.8, 4) is 11.8 Å². The number of morpholine rings is 1. The summed E-state index contributed by atoms with van der Waals surface area (Å²) in [7, 11) is 0. The Morgan fingerprint density at radius 2 is 1.87 bits per heavy atom. The monoisotopic (exact) mass is 209 g/mol. The van der Waals surface area contributed by atoms with E-state index in [1.54, 1.807) is 0 Å². The molecule has 0 aromatic carbocycles. The van der Waals surface area contributed by atoms with Crippen LogP contribution in [-0.4, -0.2) is 43.0 Å². The molecule has 0 spiro atoms. The highest BCUT2D eigenvalue weighted by Gasteiger charge is 2.15. The largest absolute Gasteiger partial charge is 0.379 e. The van der Waals surface area contributed by atoms with Crippen molar-refractivity contribution in [2.75, 3.05) is 26.3 Å². The van der Waals surface area contributed by atoms with Gasteiger partial charge in [0.2, 0.25) is 5.78 Å². The van der Waals surface area contributed by atoms with E-state index in [0.29, 0.717) is 0 Å². The number of carbonyl (C=O) groups excluding carboxylic acids is 1. The third-order valence-electron chi connectivity index (χ3n) is 2.52. The Hall–Kier alpha value is -0.850. The molecule has 15 heavy (non-hydrogen) atoms. The van der Waals surface area contributed by atoms with Crippen LogP contribution in [0.1, 0.15) is 20.8 Å². The average Bonchev–Trinajstić information content (AvgIpc) is 2.26. The van der Waals surface area contributed by atoms with Crippen LogP contribution in [0.5, 0.6) is 0 Å². The number of rotatable bonds is 2. The maximum absolute atomic E-state index is 11.3. The summed E-state index contributed by atoms with van der Waals surface area (Å²) in [5.41, 5.74) is 0. The smallest absolute Gasteiger partial charge is 0.208 e. The predicted molar refractivity (Wildman–Crippen MR) is 59.5 cm³/mol. The molecule has 1 unspecified atom stereocenters. The van der Waals surface area contributed by atoms with E-state index in [0.717, 1.165) is 26.3 Å². The molecule has 0 aromatic rings. The molecule has 0 N–H and O–H groups in total. The van der Waals surface area contributed by atoms with E-state index >= 15 is 0 Å². The van der Waals surface area contributed by atoms with Gasteiger partial charge in [0.25, 0.3) is 0 Å². The van der Waals surface area contributed by atoms with Crippen LogP contribution in [0.3, 0.4) is 0 Å². The molecule has 1 heterocycles. The number of carbonyl (C=O) groups is 1. The van der Waals surface area contributed by atoms with Crippen LogP contribution in [0.25, 0.3) is 0 Å². The average molecular weight is 209 g/mol. The van der Waals surface area contributed by atoms with Gasteiger partial charge >= 0.3 is 0 Å². The molecule has 0 radical (unpaired) electrons. The Bertz CT molecular complexity index is 269. The Balaban J connectivity index is 2.45. The highest BCUT2D eigenvalue weighted by molar-refractivity contribution is 5.96. The summed E-state index contributed by atoms with van der Waals surface area (Å²) >= 11 is 0.